The van der Waals surface area contributed by atoms with Gasteiger partial charge < -0.3 is 9.80 Å². The molecule has 1 aliphatic heterocycles. The quantitative estimate of drug-likeness (QED) is 0.691. The normalized spacial score (nSPS) is 15.1. The van der Waals surface area contributed by atoms with Gasteiger partial charge in [0.15, 0.2) is 0 Å². The van der Waals surface area contributed by atoms with Crippen LogP contribution in [0.3, 0.4) is 0 Å². The fourth-order valence-electron chi connectivity index (χ4n) is 3.13. The molecule has 0 saturated carbocycles. The molecule has 0 aliphatic carbocycles. The molecule has 0 saturated heterocycles. The first-order chi connectivity index (χ1) is 12.1. The van der Waals surface area contributed by atoms with E-state index in [0.29, 0.717) is 12.2 Å². The zero-order valence-electron chi connectivity index (χ0n) is 13.6. The molecule has 0 unspecified atom stereocenters. The van der Waals surface area contributed by atoms with E-state index < -0.39 is 11.6 Å². The maximum absolute atomic E-state index is 13.7. The smallest absolute Gasteiger partial charge is 0.147 e. The number of aromatic nitrogens is 2. The van der Waals surface area contributed by atoms with Gasteiger partial charge in [-0.1, -0.05) is 11.3 Å². The van der Waals surface area contributed by atoms with E-state index in [1.54, 1.807) is 5.51 Å². The Morgan fingerprint density at radius 3 is 2.56 bits per heavy atom. The summed E-state index contributed by atoms with van der Waals surface area (Å²) in [5, 5.41) is 8.87. The highest BCUT2D eigenvalue weighted by Crippen LogP contribution is 2.35. The molecule has 0 radical (unpaired) electrons. The summed E-state index contributed by atoms with van der Waals surface area (Å²) in [6.45, 7) is 2.21. The van der Waals surface area contributed by atoms with Crippen molar-refractivity contribution in [1.82, 2.24) is 15.1 Å². The number of halogens is 2. The van der Waals surface area contributed by atoms with E-state index in [1.165, 1.54) is 23.5 Å². The molecule has 1 aliphatic rings. The minimum Gasteiger partial charge on any atom is -0.340 e. The Kier molecular flexibility index (Phi) is 4.19. The van der Waals surface area contributed by atoms with Gasteiger partial charge in [0.05, 0.1) is 0 Å². The highest BCUT2D eigenvalue weighted by atomic mass is 32.1. The van der Waals surface area contributed by atoms with Crippen molar-refractivity contribution in [3.8, 4) is 10.6 Å². The Balaban J connectivity index is 1.81. The number of hydrogen-bond donors (Lipinski definition) is 0. The Morgan fingerprint density at radius 2 is 1.84 bits per heavy atom. The topological polar surface area (TPSA) is 32.3 Å². The van der Waals surface area contributed by atoms with Gasteiger partial charge in [0.1, 0.15) is 22.2 Å². The van der Waals surface area contributed by atoms with Gasteiger partial charge in [-0.3, -0.25) is 0 Å². The maximum atomic E-state index is 13.7. The third-order valence-corrected chi connectivity index (χ3v) is 5.02. The molecule has 25 heavy (non-hydrogen) atoms. The molecule has 0 spiro atoms. The van der Waals surface area contributed by atoms with Crippen LogP contribution >= 0.6 is 11.3 Å². The van der Waals surface area contributed by atoms with Gasteiger partial charge >= 0.3 is 0 Å². The predicted molar refractivity (Wildman–Crippen MR) is 95.0 cm³/mol. The van der Waals surface area contributed by atoms with Crippen molar-refractivity contribution in [3.63, 3.8) is 0 Å². The molecule has 2 aromatic carbocycles. The Bertz CT molecular complexity index is 878. The third-order valence-electron chi connectivity index (χ3n) is 4.28. The zero-order chi connectivity index (χ0) is 17.4. The summed E-state index contributed by atoms with van der Waals surface area (Å²) >= 11 is 1.49. The van der Waals surface area contributed by atoms with Crippen LogP contribution in [0.2, 0.25) is 0 Å². The number of nitrogens with zero attached hydrogens (tertiary/aromatic N) is 4. The number of benzene rings is 2. The second-order valence-corrected chi connectivity index (χ2v) is 6.94. The van der Waals surface area contributed by atoms with Crippen LogP contribution in [0.15, 0.2) is 41.9 Å². The summed E-state index contributed by atoms with van der Waals surface area (Å²) in [6.07, 6.45) is 0. The molecule has 2 heterocycles. The van der Waals surface area contributed by atoms with Crippen molar-refractivity contribution in [3.05, 3.63) is 59.1 Å². The van der Waals surface area contributed by atoms with Crippen LogP contribution in [0.25, 0.3) is 10.6 Å². The molecule has 128 valence electrons. The Hall–Kier alpha value is -2.38. The molecule has 0 bridgehead atoms. The molecule has 0 amide bonds. The Morgan fingerprint density at radius 1 is 1.04 bits per heavy atom. The van der Waals surface area contributed by atoms with Crippen molar-refractivity contribution in [2.24, 2.45) is 0 Å². The van der Waals surface area contributed by atoms with Crippen LogP contribution in [0.4, 0.5) is 20.2 Å². The molecule has 7 heteroatoms. The van der Waals surface area contributed by atoms with Gasteiger partial charge in [0.2, 0.25) is 0 Å². The summed E-state index contributed by atoms with van der Waals surface area (Å²) in [6, 6.07) is 9.70. The van der Waals surface area contributed by atoms with E-state index in [2.05, 4.69) is 21.2 Å². The van der Waals surface area contributed by atoms with Crippen molar-refractivity contribution < 1.29 is 8.78 Å². The minimum atomic E-state index is -0.570. The van der Waals surface area contributed by atoms with Crippen LogP contribution in [0.1, 0.15) is 5.56 Å². The zero-order valence-corrected chi connectivity index (χ0v) is 14.4. The van der Waals surface area contributed by atoms with Crippen LogP contribution in [0.5, 0.6) is 0 Å². The second-order valence-electron chi connectivity index (χ2n) is 6.10. The van der Waals surface area contributed by atoms with Gasteiger partial charge in [0.25, 0.3) is 0 Å². The average molecular weight is 358 g/mol. The molecule has 4 rings (SSSR count). The highest BCUT2D eigenvalue weighted by molar-refractivity contribution is 7.12. The summed E-state index contributed by atoms with van der Waals surface area (Å²) < 4.78 is 27.4. The average Bonchev–Trinajstić information content (AvgIpc) is 3.04. The maximum Gasteiger partial charge on any atom is 0.147 e. The fourth-order valence-corrected chi connectivity index (χ4v) is 3.68. The lowest BCUT2D eigenvalue weighted by Crippen LogP contribution is -2.26. The summed E-state index contributed by atoms with van der Waals surface area (Å²) in [7, 11) is 2.04. The fraction of sp³-hybridized carbons (Fsp3) is 0.222. The molecule has 0 fully saturated rings. The first kappa shape index (κ1) is 16.1. The summed E-state index contributed by atoms with van der Waals surface area (Å²) in [4.78, 5) is 4.16. The van der Waals surface area contributed by atoms with Gasteiger partial charge in [-0.25, -0.2) is 8.78 Å². The molecule has 0 N–H and O–H groups in total. The van der Waals surface area contributed by atoms with Crippen molar-refractivity contribution in [2.45, 2.75) is 6.54 Å². The van der Waals surface area contributed by atoms with E-state index in [4.69, 9.17) is 0 Å². The van der Waals surface area contributed by atoms with E-state index in [0.717, 1.165) is 41.0 Å². The minimum absolute atomic E-state index is 0.526. The van der Waals surface area contributed by atoms with Crippen LogP contribution in [-0.2, 0) is 6.54 Å². The lowest BCUT2D eigenvalue weighted by Gasteiger charge is -2.25. The number of fused-ring (bicyclic) bond motifs is 1. The number of rotatable bonds is 2. The monoisotopic (exact) mass is 358 g/mol. The van der Waals surface area contributed by atoms with E-state index in [-0.39, 0.29) is 0 Å². The summed E-state index contributed by atoms with van der Waals surface area (Å²) in [5.74, 6) is -1.14. The van der Waals surface area contributed by atoms with E-state index >= 15 is 0 Å². The number of anilines is 2. The largest absolute Gasteiger partial charge is 0.340 e. The third kappa shape index (κ3) is 3.25. The number of hydrogen-bond acceptors (Lipinski definition) is 5. The molecule has 1 aromatic heterocycles. The molecule has 0 atom stereocenters. The van der Waals surface area contributed by atoms with Crippen molar-refractivity contribution in [1.29, 1.82) is 0 Å². The SMILES string of the molecule is CN1CCN(c2cc(F)cc(F)c2)c2ccc(-c3nncs3)cc2C1. The predicted octanol–water partition coefficient (Wildman–Crippen LogP) is 4.07. The second kappa shape index (κ2) is 6.50. The summed E-state index contributed by atoms with van der Waals surface area (Å²) in [5.41, 5.74) is 5.29. The van der Waals surface area contributed by atoms with Gasteiger partial charge in [-0.2, -0.15) is 0 Å². The Labute approximate surface area is 148 Å². The molecule has 3 aromatic rings. The van der Waals surface area contributed by atoms with Gasteiger partial charge in [0, 0.05) is 42.6 Å². The molecular formula is C18H16F2N4S. The lowest BCUT2D eigenvalue weighted by atomic mass is 10.1. The van der Waals surface area contributed by atoms with Crippen LogP contribution in [0, 0.1) is 11.6 Å². The van der Waals surface area contributed by atoms with Gasteiger partial charge in [-0.05, 0) is 42.9 Å². The molecular weight excluding hydrogens is 342 g/mol. The highest BCUT2D eigenvalue weighted by Gasteiger charge is 2.21. The molecule has 4 nitrogen and oxygen atoms in total. The van der Waals surface area contributed by atoms with Gasteiger partial charge in [-0.15, -0.1) is 10.2 Å². The van der Waals surface area contributed by atoms with Crippen molar-refractivity contribution >= 4 is 22.7 Å². The standard InChI is InChI=1S/C18H16F2N4S/c1-23-4-5-24(16-8-14(19)7-15(20)9-16)17-3-2-12(6-13(17)10-23)18-22-21-11-25-18/h2-3,6-9,11H,4-5,10H2,1H3. The lowest BCUT2D eigenvalue weighted by molar-refractivity contribution is 0.343. The van der Waals surface area contributed by atoms with Crippen LogP contribution < -0.4 is 4.90 Å². The van der Waals surface area contributed by atoms with Crippen LogP contribution in [-0.4, -0.2) is 35.2 Å². The first-order valence-electron chi connectivity index (χ1n) is 7.92. The first-order valence-corrected chi connectivity index (χ1v) is 8.80. The van der Waals surface area contributed by atoms with Crippen molar-refractivity contribution in [2.75, 3.05) is 25.0 Å². The van der Waals surface area contributed by atoms with E-state index in [1.807, 2.05) is 24.1 Å². The number of likely N-dealkylation sites (N-methyl/N-ethyl adjacent to an activating group) is 1. The van der Waals surface area contributed by atoms with E-state index in [9.17, 15) is 8.78 Å².